The molecule has 2 saturated heterocycles. The molecule has 2 unspecified atom stereocenters. The van der Waals surface area contributed by atoms with Gasteiger partial charge in [0.1, 0.15) is 5.78 Å². The summed E-state index contributed by atoms with van der Waals surface area (Å²) in [5.41, 5.74) is 0. The second kappa shape index (κ2) is 5.34. The molecule has 4 aliphatic rings. The summed E-state index contributed by atoms with van der Waals surface area (Å²) in [4.78, 5) is 12.7. The summed E-state index contributed by atoms with van der Waals surface area (Å²) in [6.45, 7) is 4.64. The van der Waals surface area contributed by atoms with Gasteiger partial charge in [-0.1, -0.05) is 0 Å². The van der Waals surface area contributed by atoms with Crippen molar-refractivity contribution in [1.29, 1.82) is 0 Å². The van der Waals surface area contributed by atoms with Gasteiger partial charge in [0.25, 0.3) is 0 Å². The number of rotatable bonds is 2. The molecule has 0 radical (unpaired) electrons. The number of Topliss-reactive ketones (excluding diaryl/α,β-unsaturated/α-hetero) is 1. The summed E-state index contributed by atoms with van der Waals surface area (Å²) in [5, 5.41) is 6.93. The molecule has 2 N–H and O–H groups in total. The van der Waals surface area contributed by atoms with E-state index in [1.54, 1.807) is 0 Å². The highest BCUT2D eigenvalue weighted by Gasteiger charge is 2.45. The van der Waals surface area contributed by atoms with Gasteiger partial charge in [0.05, 0.1) is 0 Å². The highest BCUT2D eigenvalue weighted by atomic mass is 35.5. The summed E-state index contributed by atoms with van der Waals surface area (Å²) in [6, 6.07) is 0. The van der Waals surface area contributed by atoms with Gasteiger partial charge in [0, 0.05) is 11.8 Å². The van der Waals surface area contributed by atoms with Gasteiger partial charge >= 0.3 is 0 Å². The van der Waals surface area contributed by atoms with Crippen molar-refractivity contribution in [3.8, 4) is 0 Å². The minimum atomic E-state index is 0. The van der Waals surface area contributed by atoms with Crippen molar-refractivity contribution in [2.45, 2.75) is 25.7 Å². The minimum absolute atomic E-state index is 0. The number of fused-ring (bicyclic) bond motifs is 2. The fourth-order valence-corrected chi connectivity index (χ4v) is 5.13. The third kappa shape index (κ3) is 2.34. The molecule has 4 rings (SSSR count). The number of ketones is 1. The van der Waals surface area contributed by atoms with E-state index in [4.69, 9.17) is 0 Å². The maximum Gasteiger partial charge on any atom is 0.139 e. The molecule has 2 aliphatic heterocycles. The number of hydrogen-bond donors (Lipinski definition) is 2. The van der Waals surface area contributed by atoms with E-state index in [2.05, 4.69) is 10.6 Å². The van der Waals surface area contributed by atoms with Crippen LogP contribution in [-0.2, 0) is 4.79 Å². The number of carbonyl (C=O) groups is 1. The van der Waals surface area contributed by atoms with E-state index in [-0.39, 0.29) is 12.4 Å². The van der Waals surface area contributed by atoms with Gasteiger partial charge in [0.2, 0.25) is 0 Å². The Balaban J connectivity index is 0.00000110. The van der Waals surface area contributed by atoms with Crippen LogP contribution >= 0.6 is 12.4 Å². The van der Waals surface area contributed by atoms with Gasteiger partial charge in [-0.05, 0) is 75.5 Å². The van der Waals surface area contributed by atoms with Gasteiger partial charge in [0.15, 0.2) is 0 Å². The molecular weight excluding hydrogens is 260 g/mol. The van der Waals surface area contributed by atoms with E-state index in [1.165, 1.54) is 25.7 Å². The van der Waals surface area contributed by atoms with E-state index >= 15 is 0 Å². The number of hydrogen-bond acceptors (Lipinski definition) is 3. The topological polar surface area (TPSA) is 41.1 Å². The molecule has 4 fully saturated rings. The first-order chi connectivity index (χ1) is 8.81. The van der Waals surface area contributed by atoms with Crippen molar-refractivity contribution in [2.75, 3.05) is 26.2 Å². The third-order valence-corrected chi connectivity index (χ3v) is 6.11. The molecule has 2 saturated carbocycles. The monoisotopic (exact) mass is 284 g/mol. The summed E-state index contributed by atoms with van der Waals surface area (Å²) in [6.07, 6.45) is 4.72. The van der Waals surface area contributed by atoms with Crippen LogP contribution in [0.15, 0.2) is 0 Å². The molecule has 0 bridgehead atoms. The quantitative estimate of drug-likeness (QED) is 0.807. The van der Waals surface area contributed by atoms with Crippen LogP contribution in [0.2, 0.25) is 0 Å². The summed E-state index contributed by atoms with van der Waals surface area (Å²) in [5.74, 6) is 4.70. The minimum Gasteiger partial charge on any atom is -0.316 e. The van der Waals surface area contributed by atoms with Gasteiger partial charge in [-0.2, -0.15) is 0 Å². The van der Waals surface area contributed by atoms with Crippen LogP contribution in [0.1, 0.15) is 25.7 Å². The Hall–Kier alpha value is -0.120. The van der Waals surface area contributed by atoms with Gasteiger partial charge < -0.3 is 10.6 Å². The zero-order valence-corrected chi connectivity index (χ0v) is 12.3. The van der Waals surface area contributed by atoms with Crippen LogP contribution < -0.4 is 10.6 Å². The number of nitrogens with one attached hydrogen (secondary N) is 2. The van der Waals surface area contributed by atoms with Crippen molar-refractivity contribution in [1.82, 2.24) is 10.6 Å². The molecular formula is C15H25ClN2O. The van der Waals surface area contributed by atoms with Crippen LogP contribution in [0.25, 0.3) is 0 Å². The van der Waals surface area contributed by atoms with Crippen LogP contribution in [0.4, 0.5) is 0 Å². The Labute approximate surface area is 121 Å². The van der Waals surface area contributed by atoms with E-state index in [0.29, 0.717) is 17.6 Å². The Morgan fingerprint density at radius 1 is 0.684 bits per heavy atom. The van der Waals surface area contributed by atoms with Crippen LogP contribution in [-0.4, -0.2) is 32.0 Å². The first-order valence-corrected chi connectivity index (χ1v) is 7.76. The summed E-state index contributed by atoms with van der Waals surface area (Å²) >= 11 is 0. The normalized spacial score (nSPS) is 47.8. The van der Waals surface area contributed by atoms with E-state index in [9.17, 15) is 4.79 Å². The summed E-state index contributed by atoms with van der Waals surface area (Å²) in [7, 11) is 0. The zero-order chi connectivity index (χ0) is 12.1. The molecule has 0 amide bonds. The molecule has 0 aromatic rings. The predicted molar refractivity (Wildman–Crippen MR) is 77.4 cm³/mol. The lowest BCUT2D eigenvalue weighted by molar-refractivity contribution is -0.126. The van der Waals surface area contributed by atoms with Gasteiger partial charge in [-0.15, -0.1) is 12.4 Å². The second-order valence-electron chi connectivity index (χ2n) is 7.10. The highest BCUT2D eigenvalue weighted by molar-refractivity contribution is 5.85. The molecule has 2 aliphatic carbocycles. The van der Waals surface area contributed by atoms with E-state index < -0.39 is 0 Å². The van der Waals surface area contributed by atoms with Gasteiger partial charge in [-0.25, -0.2) is 0 Å². The number of halogens is 1. The van der Waals surface area contributed by atoms with Crippen LogP contribution in [0, 0.1) is 35.5 Å². The van der Waals surface area contributed by atoms with Crippen molar-refractivity contribution < 1.29 is 4.79 Å². The first-order valence-electron chi connectivity index (χ1n) is 7.76. The average molecular weight is 285 g/mol. The van der Waals surface area contributed by atoms with Crippen LogP contribution in [0.3, 0.4) is 0 Å². The maximum absolute atomic E-state index is 12.7. The maximum atomic E-state index is 12.7. The average Bonchev–Trinajstić information content (AvgIpc) is 3.06. The fourth-order valence-electron chi connectivity index (χ4n) is 5.13. The van der Waals surface area contributed by atoms with Crippen LogP contribution in [0.5, 0.6) is 0 Å². The predicted octanol–water partition coefficient (Wildman–Crippen LogP) is 1.47. The fraction of sp³-hybridized carbons (Fsp3) is 0.933. The Morgan fingerprint density at radius 3 is 1.32 bits per heavy atom. The molecule has 19 heavy (non-hydrogen) atoms. The number of carbonyl (C=O) groups excluding carboxylic acids is 1. The second-order valence-corrected chi connectivity index (χ2v) is 7.10. The van der Waals surface area contributed by atoms with Crippen molar-refractivity contribution in [3.05, 3.63) is 0 Å². The lowest BCUT2D eigenvalue weighted by atomic mass is 9.88. The Morgan fingerprint density at radius 2 is 1.00 bits per heavy atom. The molecule has 0 aromatic heterocycles. The van der Waals surface area contributed by atoms with E-state index in [1.807, 2.05) is 0 Å². The Kier molecular flexibility index (Phi) is 3.89. The molecule has 4 heteroatoms. The molecule has 6 atom stereocenters. The largest absolute Gasteiger partial charge is 0.316 e. The molecule has 0 aromatic carbocycles. The SMILES string of the molecule is Cl.O=C(C1C[C@H]2CNC[C@H]2C1)C1C[C@H]2CNC[C@H]2C1. The molecule has 108 valence electrons. The highest BCUT2D eigenvalue weighted by Crippen LogP contribution is 2.45. The van der Waals surface area contributed by atoms with Gasteiger partial charge in [-0.3, -0.25) is 4.79 Å². The van der Waals surface area contributed by atoms with Crippen molar-refractivity contribution in [3.63, 3.8) is 0 Å². The van der Waals surface area contributed by atoms with Crippen molar-refractivity contribution in [2.24, 2.45) is 35.5 Å². The lowest BCUT2D eigenvalue weighted by Crippen LogP contribution is -2.24. The third-order valence-electron chi connectivity index (χ3n) is 6.11. The first kappa shape index (κ1) is 13.8. The van der Waals surface area contributed by atoms with E-state index in [0.717, 1.165) is 49.9 Å². The standard InChI is InChI=1S/C15H24N2O.ClH/c18-15(9-1-11-5-16-6-12(11)2-9)10-3-13-7-17-8-14(13)4-10;/h9-14,16-17H,1-8H2;1H/t9?,10?,11-,12+,13-,14+;. The van der Waals surface area contributed by atoms with Crippen molar-refractivity contribution >= 4 is 18.2 Å². The lowest BCUT2D eigenvalue weighted by Gasteiger charge is -2.16. The molecule has 2 heterocycles. The molecule has 3 nitrogen and oxygen atoms in total. The zero-order valence-electron chi connectivity index (χ0n) is 11.4. The smallest absolute Gasteiger partial charge is 0.139 e. The molecule has 0 spiro atoms. The summed E-state index contributed by atoms with van der Waals surface area (Å²) < 4.78 is 0. The Bertz CT molecular complexity index is 306.